The van der Waals surface area contributed by atoms with Gasteiger partial charge in [-0.3, -0.25) is 9.59 Å². The van der Waals surface area contributed by atoms with E-state index in [9.17, 15) is 9.59 Å². The van der Waals surface area contributed by atoms with Crippen LogP contribution in [0.1, 0.15) is 49.4 Å². The minimum Gasteiger partial charge on any atom is -0.497 e. The number of methoxy groups -OCH3 is 2. The standard InChI is InChI=1S/C21H29NO4/c1-16(21(24)26-3)15-22(14-13-17-7-5-4-6-8-17)20(23)18-9-11-19(25-2)12-10-18/h7,9-12,16H,4-6,8,13-15H2,1-3H3. The van der Waals surface area contributed by atoms with Gasteiger partial charge in [0.05, 0.1) is 20.1 Å². The Balaban J connectivity index is 2.10. The molecule has 5 nitrogen and oxygen atoms in total. The molecular weight excluding hydrogens is 330 g/mol. The second-order valence-corrected chi connectivity index (χ2v) is 6.76. The van der Waals surface area contributed by atoms with Gasteiger partial charge in [0.15, 0.2) is 0 Å². The highest BCUT2D eigenvalue weighted by Gasteiger charge is 2.23. The number of rotatable bonds is 8. The number of esters is 1. The van der Waals surface area contributed by atoms with Crippen molar-refractivity contribution in [2.24, 2.45) is 5.92 Å². The van der Waals surface area contributed by atoms with Gasteiger partial charge in [0.25, 0.3) is 5.91 Å². The Morgan fingerprint density at radius 2 is 1.88 bits per heavy atom. The smallest absolute Gasteiger partial charge is 0.310 e. The lowest BCUT2D eigenvalue weighted by atomic mass is 9.97. The first-order valence-electron chi connectivity index (χ1n) is 9.24. The number of ether oxygens (including phenoxy) is 2. The summed E-state index contributed by atoms with van der Waals surface area (Å²) in [5.41, 5.74) is 2.01. The van der Waals surface area contributed by atoms with Gasteiger partial charge < -0.3 is 14.4 Å². The van der Waals surface area contributed by atoms with E-state index in [0.717, 1.165) is 19.3 Å². The molecule has 1 aromatic rings. The molecule has 0 bridgehead atoms. The quantitative estimate of drug-likeness (QED) is 0.523. The summed E-state index contributed by atoms with van der Waals surface area (Å²) >= 11 is 0. The van der Waals surface area contributed by atoms with Crippen molar-refractivity contribution in [3.8, 4) is 5.75 Å². The SMILES string of the molecule is COC(=O)C(C)CN(CCC1=CCCCC1)C(=O)c1ccc(OC)cc1. The maximum atomic E-state index is 13.0. The normalized spacial score (nSPS) is 15.0. The van der Waals surface area contributed by atoms with Crippen molar-refractivity contribution in [2.45, 2.75) is 39.0 Å². The Morgan fingerprint density at radius 3 is 2.46 bits per heavy atom. The summed E-state index contributed by atoms with van der Waals surface area (Å²) in [6.07, 6.45) is 7.85. The van der Waals surface area contributed by atoms with Gasteiger partial charge in [0, 0.05) is 18.7 Å². The first-order chi connectivity index (χ1) is 12.5. The van der Waals surface area contributed by atoms with Crippen LogP contribution < -0.4 is 4.74 Å². The number of hydrogen-bond acceptors (Lipinski definition) is 4. The number of benzene rings is 1. The van der Waals surface area contributed by atoms with E-state index in [1.165, 1.54) is 25.5 Å². The molecule has 1 aliphatic carbocycles. The van der Waals surface area contributed by atoms with Crippen molar-refractivity contribution in [1.82, 2.24) is 4.90 Å². The fourth-order valence-electron chi connectivity index (χ4n) is 3.21. The average Bonchev–Trinajstić information content (AvgIpc) is 2.70. The van der Waals surface area contributed by atoms with Crippen LogP contribution in [0.2, 0.25) is 0 Å². The molecule has 2 rings (SSSR count). The number of amides is 1. The number of hydrogen-bond donors (Lipinski definition) is 0. The van der Waals surface area contributed by atoms with Crippen molar-refractivity contribution in [3.05, 3.63) is 41.5 Å². The van der Waals surface area contributed by atoms with Crippen LogP contribution in [0.3, 0.4) is 0 Å². The van der Waals surface area contributed by atoms with Crippen LogP contribution in [-0.4, -0.2) is 44.1 Å². The Hall–Kier alpha value is -2.30. The van der Waals surface area contributed by atoms with Crippen LogP contribution in [0.4, 0.5) is 0 Å². The predicted molar refractivity (Wildman–Crippen MR) is 101 cm³/mol. The summed E-state index contributed by atoms with van der Waals surface area (Å²) < 4.78 is 9.97. The largest absolute Gasteiger partial charge is 0.497 e. The Morgan fingerprint density at radius 1 is 1.15 bits per heavy atom. The summed E-state index contributed by atoms with van der Waals surface area (Å²) in [5, 5.41) is 0. The van der Waals surface area contributed by atoms with Crippen molar-refractivity contribution in [3.63, 3.8) is 0 Å². The Bertz CT molecular complexity index is 636. The number of allylic oxidation sites excluding steroid dienone is 1. The van der Waals surface area contributed by atoms with Gasteiger partial charge in [-0.25, -0.2) is 0 Å². The molecule has 142 valence electrons. The molecule has 1 aromatic carbocycles. The molecule has 0 fully saturated rings. The van der Waals surface area contributed by atoms with Crippen molar-refractivity contribution in [2.75, 3.05) is 27.3 Å². The molecule has 0 N–H and O–H groups in total. The molecule has 1 amide bonds. The molecule has 1 unspecified atom stereocenters. The maximum absolute atomic E-state index is 13.0. The van der Waals surface area contributed by atoms with E-state index in [-0.39, 0.29) is 17.8 Å². The molecule has 0 heterocycles. The first kappa shape index (κ1) is 20.0. The fraction of sp³-hybridized carbons (Fsp3) is 0.524. The van der Waals surface area contributed by atoms with E-state index in [1.54, 1.807) is 43.2 Å². The predicted octanol–water partition coefficient (Wildman–Crippen LogP) is 3.84. The van der Waals surface area contributed by atoms with Crippen LogP contribution in [0.25, 0.3) is 0 Å². The Labute approximate surface area is 156 Å². The van der Waals surface area contributed by atoms with Crippen molar-refractivity contribution in [1.29, 1.82) is 0 Å². The van der Waals surface area contributed by atoms with Gasteiger partial charge >= 0.3 is 5.97 Å². The summed E-state index contributed by atoms with van der Waals surface area (Å²) in [4.78, 5) is 26.5. The fourth-order valence-corrected chi connectivity index (χ4v) is 3.21. The minimum atomic E-state index is -0.359. The topological polar surface area (TPSA) is 55.8 Å². The van der Waals surface area contributed by atoms with Crippen LogP contribution in [0.15, 0.2) is 35.9 Å². The van der Waals surface area contributed by atoms with Crippen LogP contribution in [-0.2, 0) is 9.53 Å². The van der Waals surface area contributed by atoms with Gasteiger partial charge in [-0.1, -0.05) is 18.6 Å². The average molecular weight is 359 g/mol. The summed E-state index contributed by atoms with van der Waals surface area (Å²) in [6.45, 7) is 2.75. The van der Waals surface area contributed by atoms with E-state index >= 15 is 0 Å². The lowest BCUT2D eigenvalue weighted by Gasteiger charge is -2.26. The zero-order valence-corrected chi connectivity index (χ0v) is 16.0. The van der Waals surface area contributed by atoms with E-state index in [2.05, 4.69) is 6.08 Å². The highest BCUT2D eigenvalue weighted by molar-refractivity contribution is 5.94. The molecular formula is C21H29NO4. The van der Waals surface area contributed by atoms with E-state index in [1.807, 2.05) is 0 Å². The third kappa shape index (κ3) is 5.61. The molecule has 0 aliphatic heterocycles. The first-order valence-corrected chi connectivity index (χ1v) is 9.24. The molecule has 0 saturated carbocycles. The zero-order valence-electron chi connectivity index (χ0n) is 16.0. The third-order valence-corrected chi connectivity index (χ3v) is 4.81. The molecule has 5 heteroatoms. The van der Waals surface area contributed by atoms with Crippen LogP contribution >= 0.6 is 0 Å². The van der Waals surface area contributed by atoms with Gasteiger partial charge in [-0.15, -0.1) is 0 Å². The van der Waals surface area contributed by atoms with Gasteiger partial charge in [0.1, 0.15) is 5.75 Å². The minimum absolute atomic E-state index is 0.0696. The second kappa shape index (κ2) is 10.00. The highest BCUT2D eigenvalue weighted by Crippen LogP contribution is 2.21. The van der Waals surface area contributed by atoms with E-state index < -0.39 is 0 Å². The molecule has 1 aliphatic rings. The van der Waals surface area contributed by atoms with Gasteiger partial charge in [-0.2, -0.15) is 0 Å². The van der Waals surface area contributed by atoms with Gasteiger partial charge in [-0.05, 0) is 56.4 Å². The van der Waals surface area contributed by atoms with Crippen LogP contribution in [0, 0.1) is 5.92 Å². The lowest BCUT2D eigenvalue weighted by Crippen LogP contribution is -2.38. The molecule has 0 radical (unpaired) electrons. The van der Waals surface area contributed by atoms with Crippen molar-refractivity contribution < 1.29 is 19.1 Å². The lowest BCUT2D eigenvalue weighted by molar-refractivity contribution is -0.145. The number of carbonyl (C=O) groups excluding carboxylic acids is 2. The summed E-state index contributed by atoms with van der Waals surface area (Å²) in [7, 11) is 2.97. The number of carbonyl (C=O) groups is 2. The number of nitrogens with zero attached hydrogens (tertiary/aromatic N) is 1. The highest BCUT2D eigenvalue weighted by atomic mass is 16.5. The molecule has 0 aromatic heterocycles. The zero-order chi connectivity index (χ0) is 18.9. The van der Waals surface area contributed by atoms with E-state index in [4.69, 9.17) is 9.47 Å². The molecule has 0 saturated heterocycles. The maximum Gasteiger partial charge on any atom is 0.310 e. The van der Waals surface area contributed by atoms with E-state index in [0.29, 0.717) is 24.4 Å². The third-order valence-electron chi connectivity index (χ3n) is 4.81. The molecule has 26 heavy (non-hydrogen) atoms. The van der Waals surface area contributed by atoms with Gasteiger partial charge in [0.2, 0.25) is 0 Å². The van der Waals surface area contributed by atoms with Crippen LogP contribution in [0.5, 0.6) is 5.75 Å². The molecule has 0 spiro atoms. The van der Waals surface area contributed by atoms with Crippen molar-refractivity contribution >= 4 is 11.9 Å². The Kier molecular flexibility index (Phi) is 7.70. The summed E-state index contributed by atoms with van der Waals surface area (Å²) in [5.74, 6) is -0.0137. The molecule has 1 atom stereocenters. The second-order valence-electron chi connectivity index (χ2n) is 6.76. The monoisotopic (exact) mass is 359 g/mol. The summed E-state index contributed by atoms with van der Waals surface area (Å²) in [6, 6.07) is 7.07.